The molecule has 0 aliphatic carbocycles. The average Bonchev–Trinajstić information content (AvgIpc) is 2.56. The third-order valence-corrected chi connectivity index (χ3v) is 4.41. The van der Waals surface area contributed by atoms with Gasteiger partial charge < -0.3 is 16.2 Å². The van der Waals surface area contributed by atoms with Crippen LogP contribution in [-0.4, -0.2) is 28.0 Å². The summed E-state index contributed by atoms with van der Waals surface area (Å²) in [4.78, 5) is 27.2. The summed E-state index contributed by atoms with van der Waals surface area (Å²) in [5, 5.41) is 12.1. The molecule has 0 spiro atoms. The van der Waals surface area contributed by atoms with Gasteiger partial charge in [0.05, 0.1) is 15.6 Å². The average molecular weight is 382 g/mol. The van der Waals surface area contributed by atoms with Crippen LogP contribution in [0.3, 0.4) is 0 Å². The van der Waals surface area contributed by atoms with Crippen molar-refractivity contribution in [3.05, 3.63) is 57.8 Å². The lowest BCUT2D eigenvalue weighted by Crippen LogP contribution is -2.36. The highest BCUT2D eigenvalue weighted by Gasteiger charge is 2.24. The number of rotatable bonds is 6. The van der Waals surface area contributed by atoms with Crippen LogP contribution in [0.1, 0.15) is 35.2 Å². The van der Waals surface area contributed by atoms with Crippen molar-refractivity contribution in [3.8, 4) is 0 Å². The number of carbonyl (C=O) groups excluding carboxylic acids is 1. The van der Waals surface area contributed by atoms with Gasteiger partial charge in [0.25, 0.3) is 5.91 Å². The molecule has 2 unspecified atom stereocenters. The van der Waals surface area contributed by atoms with E-state index in [0.29, 0.717) is 12.1 Å². The third-order valence-electron chi connectivity index (χ3n) is 3.84. The van der Waals surface area contributed by atoms with E-state index in [1.165, 1.54) is 12.4 Å². The Morgan fingerprint density at radius 1 is 1.20 bits per heavy atom. The summed E-state index contributed by atoms with van der Waals surface area (Å²) in [6.07, 6.45) is 3.26. The lowest BCUT2D eigenvalue weighted by Gasteiger charge is -2.20. The van der Waals surface area contributed by atoms with E-state index in [9.17, 15) is 9.59 Å². The second-order valence-corrected chi connectivity index (χ2v) is 6.25. The van der Waals surface area contributed by atoms with Gasteiger partial charge in [-0.2, -0.15) is 0 Å². The summed E-state index contributed by atoms with van der Waals surface area (Å²) in [5.74, 6) is -1.82. The molecule has 2 rings (SSSR count). The van der Waals surface area contributed by atoms with Crippen LogP contribution in [0.15, 0.2) is 36.7 Å². The van der Waals surface area contributed by atoms with Crippen molar-refractivity contribution in [1.29, 1.82) is 0 Å². The third kappa shape index (κ3) is 4.48. The van der Waals surface area contributed by atoms with Gasteiger partial charge in [-0.05, 0) is 24.1 Å². The largest absolute Gasteiger partial charge is 0.480 e. The van der Waals surface area contributed by atoms with Crippen LogP contribution in [-0.2, 0) is 4.79 Å². The molecule has 6 nitrogen and oxygen atoms in total. The molecule has 8 heteroatoms. The van der Waals surface area contributed by atoms with Gasteiger partial charge in [0, 0.05) is 24.0 Å². The zero-order chi connectivity index (χ0) is 18.6. The van der Waals surface area contributed by atoms with Gasteiger partial charge in [0.15, 0.2) is 0 Å². The van der Waals surface area contributed by atoms with Crippen LogP contribution in [0.5, 0.6) is 0 Å². The minimum absolute atomic E-state index is 0.141. The number of nitrogens with zero attached hydrogens (tertiary/aromatic N) is 1. The summed E-state index contributed by atoms with van der Waals surface area (Å²) < 4.78 is 0. The summed E-state index contributed by atoms with van der Waals surface area (Å²) in [7, 11) is 0. The fourth-order valence-electron chi connectivity index (χ4n) is 2.50. The quantitative estimate of drug-likeness (QED) is 0.709. The number of hydrogen-bond donors (Lipinski definition) is 3. The Balaban J connectivity index is 2.17. The summed E-state index contributed by atoms with van der Waals surface area (Å²) in [6, 6.07) is 5.84. The fourth-order valence-corrected chi connectivity index (χ4v) is 3.04. The van der Waals surface area contributed by atoms with Crippen LogP contribution >= 0.6 is 23.2 Å². The molecule has 0 aliphatic heterocycles. The first kappa shape index (κ1) is 19.2. The van der Waals surface area contributed by atoms with E-state index in [0.717, 1.165) is 5.56 Å². The number of anilines is 1. The number of nitrogens with two attached hydrogens (primary N) is 1. The molecule has 0 aliphatic rings. The molecule has 1 aromatic heterocycles. The van der Waals surface area contributed by atoms with Crippen molar-refractivity contribution in [2.45, 2.75) is 25.3 Å². The Kier molecular flexibility index (Phi) is 6.36. The second-order valence-electron chi connectivity index (χ2n) is 5.43. The Morgan fingerprint density at radius 3 is 2.24 bits per heavy atom. The highest BCUT2D eigenvalue weighted by atomic mass is 35.5. The molecular weight excluding hydrogens is 365 g/mol. The van der Waals surface area contributed by atoms with Gasteiger partial charge in [0.1, 0.15) is 6.04 Å². The van der Waals surface area contributed by atoms with Crippen LogP contribution in [0.25, 0.3) is 0 Å². The number of benzene rings is 1. The van der Waals surface area contributed by atoms with E-state index < -0.39 is 17.9 Å². The van der Waals surface area contributed by atoms with Crippen molar-refractivity contribution >= 4 is 40.8 Å². The standard InChI is InChI=1S/C17H17Cl2N3O3/c1-2-11(15(20)17(24)25)9-3-5-10(6-4-9)22-16(23)14-12(18)7-21-8-13(14)19/h3-8,11,15H,2,20H2,1H3,(H,22,23)(H,24,25). The molecule has 1 amide bonds. The van der Waals surface area contributed by atoms with Crippen molar-refractivity contribution in [3.63, 3.8) is 0 Å². The number of carbonyl (C=O) groups is 2. The maximum Gasteiger partial charge on any atom is 0.321 e. The molecule has 132 valence electrons. The first-order valence-electron chi connectivity index (χ1n) is 7.53. The number of hydrogen-bond acceptors (Lipinski definition) is 4. The highest BCUT2D eigenvalue weighted by molar-refractivity contribution is 6.40. The monoisotopic (exact) mass is 381 g/mol. The van der Waals surface area contributed by atoms with E-state index in [-0.39, 0.29) is 21.5 Å². The van der Waals surface area contributed by atoms with E-state index in [4.69, 9.17) is 34.0 Å². The van der Waals surface area contributed by atoms with Gasteiger partial charge in [-0.1, -0.05) is 42.3 Å². The molecule has 2 atom stereocenters. The Bertz CT molecular complexity index is 761. The minimum Gasteiger partial charge on any atom is -0.480 e. The number of pyridine rings is 1. The fraction of sp³-hybridized carbons (Fsp3) is 0.235. The van der Waals surface area contributed by atoms with E-state index in [1.807, 2.05) is 6.92 Å². The van der Waals surface area contributed by atoms with Crippen molar-refractivity contribution in [2.75, 3.05) is 5.32 Å². The van der Waals surface area contributed by atoms with Gasteiger partial charge in [0.2, 0.25) is 0 Å². The highest BCUT2D eigenvalue weighted by Crippen LogP contribution is 2.26. The van der Waals surface area contributed by atoms with Crippen molar-refractivity contribution in [2.24, 2.45) is 5.73 Å². The number of amides is 1. The van der Waals surface area contributed by atoms with E-state index >= 15 is 0 Å². The van der Waals surface area contributed by atoms with Gasteiger partial charge in [-0.25, -0.2) is 0 Å². The summed E-state index contributed by atoms with van der Waals surface area (Å²) in [6.45, 7) is 1.87. The van der Waals surface area contributed by atoms with Gasteiger partial charge >= 0.3 is 5.97 Å². The van der Waals surface area contributed by atoms with Crippen molar-refractivity contribution in [1.82, 2.24) is 4.98 Å². The van der Waals surface area contributed by atoms with Crippen LogP contribution in [0, 0.1) is 0 Å². The van der Waals surface area contributed by atoms with Crippen LogP contribution < -0.4 is 11.1 Å². The number of aliphatic carboxylic acids is 1. The molecule has 0 bridgehead atoms. The molecule has 4 N–H and O–H groups in total. The molecule has 0 saturated heterocycles. The number of nitrogens with one attached hydrogen (secondary N) is 1. The predicted octanol–water partition coefficient (Wildman–Crippen LogP) is 3.55. The molecule has 1 heterocycles. The molecule has 0 fully saturated rings. The number of halogens is 2. The van der Waals surface area contributed by atoms with Crippen LogP contribution in [0.4, 0.5) is 5.69 Å². The normalized spacial score (nSPS) is 13.1. The molecule has 25 heavy (non-hydrogen) atoms. The van der Waals surface area contributed by atoms with Crippen molar-refractivity contribution < 1.29 is 14.7 Å². The molecule has 1 aromatic carbocycles. The van der Waals surface area contributed by atoms with E-state index in [2.05, 4.69) is 10.3 Å². The first-order chi connectivity index (χ1) is 11.8. The second kappa shape index (κ2) is 8.29. The molecule has 0 saturated carbocycles. The van der Waals surface area contributed by atoms with E-state index in [1.54, 1.807) is 24.3 Å². The van der Waals surface area contributed by atoms with Gasteiger partial charge in [-0.3, -0.25) is 14.6 Å². The smallest absolute Gasteiger partial charge is 0.321 e. The first-order valence-corrected chi connectivity index (χ1v) is 8.29. The zero-order valence-electron chi connectivity index (χ0n) is 13.4. The maximum absolute atomic E-state index is 12.3. The molecule has 0 radical (unpaired) electrons. The maximum atomic E-state index is 12.3. The minimum atomic E-state index is -1.05. The number of carboxylic acids is 1. The Morgan fingerprint density at radius 2 is 1.76 bits per heavy atom. The topological polar surface area (TPSA) is 105 Å². The van der Waals surface area contributed by atoms with Crippen LogP contribution in [0.2, 0.25) is 10.0 Å². The summed E-state index contributed by atoms with van der Waals surface area (Å²) in [5.41, 5.74) is 7.18. The molecular formula is C17H17Cl2N3O3. The summed E-state index contributed by atoms with van der Waals surface area (Å²) >= 11 is 11.9. The Hall–Kier alpha value is -2.15. The SMILES string of the molecule is CCC(c1ccc(NC(=O)c2c(Cl)cncc2Cl)cc1)C(N)C(=O)O. The number of aromatic nitrogens is 1. The molecule has 2 aromatic rings. The Labute approximate surface area is 155 Å². The lowest BCUT2D eigenvalue weighted by molar-refractivity contribution is -0.139. The number of carboxylic acid groups (broad SMARTS) is 1. The predicted molar refractivity (Wildman–Crippen MR) is 97.3 cm³/mol. The lowest BCUT2D eigenvalue weighted by atomic mass is 9.89. The van der Waals surface area contributed by atoms with Gasteiger partial charge in [-0.15, -0.1) is 0 Å². The zero-order valence-corrected chi connectivity index (χ0v) is 14.9.